The molecule has 2 aromatic carbocycles. The van der Waals surface area contributed by atoms with Crippen molar-refractivity contribution in [3.8, 4) is 11.1 Å². The number of aryl methyl sites for hydroxylation is 1. The van der Waals surface area contributed by atoms with Crippen molar-refractivity contribution < 1.29 is 0 Å². The van der Waals surface area contributed by atoms with E-state index in [1.165, 1.54) is 24.0 Å². The van der Waals surface area contributed by atoms with Gasteiger partial charge in [0.2, 0.25) is 0 Å². The smallest absolute Gasteiger partial charge is 0.107 e. The van der Waals surface area contributed by atoms with Crippen LogP contribution in [0.2, 0.25) is 0 Å². The van der Waals surface area contributed by atoms with E-state index in [1.54, 1.807) is 0 Å². The van der Waals surface area contributed by atoms with Crippen molar-refractivity contribution in [1.29, 1.82) is 0 Å². The van der Waals surface area contributed by atoms with Crippen LogP contribution in [0.25, 0.3) is 22.2 Å². The lowest BCUT2D eigenvalue weighted by molar-refractivity contribution is 0.765. The van der Waals surface area contributed by atoms with E-state index in [1.807, 2.05) is 6.07 Å². The molecule has 0 saturated heterocycles. The van der Waals surface area contributed by atoms with E-state index < -0.39 is 0 Å². The van der Waals surface area contributed by atoms with Crippen molar-refractivity contribution in [2.24, 2.45) is 0 Å². The molecule has 0 aliphatic heterocycles. The number of H-pyrrole nitrogens is 1. The Bertz CT molecular complexity index is 668. The minimum atomic E-state index is 1.03. The van der Waals surface area contributed by atoms with Crippen LogP contribution >= 0.6 is 0 Å². The van der Waals surface area contributed by atoms with Crippen molar-refractivity contribution in [1.82, 2.24) is 9.97 Å². The largest absolute Gasteiger partial charge is 0.342 e. The van der Waals surface area contributed by atoms with Gasteiger partial charge in [-0.1, -0.05) is 49.7 Å². The molecule has 0 aliphatic carbocycles. The van der Waals surface area contributed by atoms with Crippen LogP contribution in [0.1, 0.15) is 25.6 Å². The number of hydrogen-bond donors (Lipinski definition) is 1. The predicted octanol–water partition coefficient (Wildman–Crippen LogP) is 4.57. The normalized spacial score (nSPS) is 11.0. The molecule has 2 nitrogen and oxygen atoms in total. The number of rotatable bonds is 4. The van der Waals surface area contributed by atoms with Crippen molar-refractivity contribution >= 4 is 11.0 Å². The van der Waals surface area contributed by atoms with Gasteiger partial charge in [-0.15, -0.1) is 0 Å². The maximum Gasteiger partial charge on any atom is 0.107 e. The van der Waals surface area contributed by atoms with Crippen LogP contribution in [0.4, 0.5) is 0 Å². The molecular weight excluding hydrogens is 232 g/mol. The van der Waals surface area contributed by atoms with E-state index in [0.29, 0.717) is 0 Å². The monoisotopic (exact) mass is 250 g/mol. The zero-order valence-electron chi connectivity index (χ0n) is 11.2. The van der Waals surface area contributed by atoms with Gasteiger partial charge in [0.05, 0.1) is 11.0 Å². The Hall–Kier alpha value is -2.09. The molecule has 2 heteroatoms. The van der Waals surface area contributed by atoms with Gasteiger partial charge < -0.3 is 4.98 Å². The highest BCUT2D eigenvalue weighted by Gasteiger charge is 2.04. The molecule has 1 N–H and O–H groups in total. The molecule has 0 fully saturated rings. The summed E-state index contributed by atoms with van der Waals surface area (Å²) in [6.45, 7) is 2.20. The molecule has 0 spiro atoms. The van der Waals surface area contributed by atoms with Crippen molar-refractivity contribution in [3.63, 3.8) is 0 Å². The Morgan fingerprint density at radius 3 is 2.63 bits per heavy atom. The third-order valence-corrected chi connectivity index (χ3v) is 3.41. The lowest BCUT2D eigenvalue weighted by atomic mass is 10.1. The fraction of sp³-hybridized carbons (Fsp3) is 0.235. The van der Waals surface area contributed by atoms with Gasteiger partial charge in [-0.3, -0.25) is 0 Å². The predicted molar refractivity (Wildman–Crippen MR) is 80.1 cm³/mol. The number of imidazole rings is 1. The fourth-order valence-corrected chi connectivity index (χ4v) is 2.34. The summed E-state index contributed by atoms with van der Waals surface area (Å²) in [5.41, 5.74) is 4.67. The zero-order valence-corrected chi connectivity index (χ0v) is 11.2. The number of nitrogens with zero attached hydrogens (tertiary/aromatic N) is 1. The molecule has 1 heterocycles. The molecule has 0 unspecified atom stereocenters. The number of unbranched alkanes of at least 4 members (excludes halogenated alkanes) is 1. The van der Waals surface area contributed by atoms with Gasteiger partial charge in [0.1, 0.15) is 5.82 Å². The summed E-state index contributed by atoms with van der Waals surface area (Å²) < 4.78 is 0. The second-order valence-corrected chi connectivity index (χ2v) is 4.89. The molecule has 0 saturated carbocycles. The van der Waals surface area contributed by atoms with E-state index in [4.69, 9.17) is 0 Å². The summed E-state index contributed by atoms with van der Waals surface area (Å²) in [6, 6.07) is 16.9. The minimum Gasteiger partial charge on any atom is -0.342 e. The Morgan fingerprint density at radius 2 is 1.84 bits per heavy atom. The summed E-state index contributed by atoms with van der Waals surface area (Å²) >= 11 is 0. The van der Waals surface area contributed by atoms with Gasteiger partial charge in [0.25, 0.3) is 0 Å². The van der Waals surface area contributed by atoms with Crippen LogP contribution in [0.15, 0.2) is 48.5 Å². The van der Waals surface area contributed by atoms with Crippen LogP contribution in [0.3, 0.4) is 0 Å². The maximum atomic E-state index is 4.63. The highest BCUT2D eigenvalue weighted by atomic mass is 14.9. The van der Waals surface area contributed by atoms with E-state index in [2.05, 4.69) is 59.4 Å². The lowest BCUT2D eigenvalue weighted by Crippen LogP contribution is -1.86. The summed E-state index contributed by atoms with van der Waals surface area (Å²) in [5.74, 6) is 1.10. The van der Waals surface area contributed by atoms with Gasteiger partial charge in [-0.05, 0) is 29.7 Å². The first-order valence-electron chi connectivity index (χ1n) is 6.91. The quantitative estimate of drug-likeness (QED) is 0.721. The van der Waals surface area contributed by atoms with Crippen LogP contribution in [0, 0.1) is 0 Å². The molecule has 0 bridgehead atoms. The molecule has 1 aromatic heterocycles. The first-order chi connectivity index (χ1) is 9.36. The second kappa shape index (κ2) is 5.27. The average molecular weight is 250 g/mol. The highest BCUT2D eigenvalue weighted by molar-refractivity contribution is 5.81. The molecule has 3 rings (SSSR count). The van der Waals surface area contributed by atoms with Gasteiger partial charge >= 0.3 is 0 Å². The lowest BCUT2D eigenvalue weighted by Gasteiger charge is -2.00. The molecule has 96 valence electrons. The third-order valence-electron chi connectivity index (χ3n) is 3.41. The number of aromatic amines is 1. The SMILES string of the molecule is CCCCc1nc2ccc(-c3ccccc3)cc2[nH]1. The first-order valence-corrected chi connectivity index (χ1v) is 6.91. The Kier molecular flexibility index (Phi) is 3.32. The average Bonchev–Trinajstić information content (AvgIpc) is 2.87. The molecule has 19 heavy (non-hydrogen) atoms. The molecular formula is C17H18N2. The minimum absolute atomic E-state index is 1.03. The number of nitrogens with one attached hydrogen (secondary N) is 1. The van der Waals surface area contributed by atoms with Gasteiger partial charge in [-0.25, -0.2) is 4.98 Å². The summed E-state index contributed by atoms with van der Waals surface area (Å²) in [7, 11) is 0. The van der Waals surface area contributed by atoms with Crippen LogP contribution < -0.4 is 0 Å². The van der Waals surface area contributed by atoms with E-state index in [-0.39, 0.29) is 0 Å². The first kappa shape index (κ1) is 12.0. The number of benzene rings is 2. The van der Waals surface area contributed by atoms with E-state index in [9.17, 15) is 0 Å². The fourth-order valence-electron chi connectivity index (χ4n) is 2.34. The van der Waals surface area contributed by atoms with E-state index in [0.717, 1.165) is 23.3 Å². The molecule has 0 aliphatic rings. The number of hydrogen-bond acceptors (Lipinski definition) is 1. The highest BCUT2D eigenvalue weighted by Crippen LogP contribution is 2.23. The molecule has 0 amide bonds. The van der Waals surface area contributed by atoms with Crippen molar-refractivity contribution in [2.45, 2.75) is 26.2 Å². The number of fused-ring (bicyclic) bond motifs is 1. The van der Waals surface area contributed by atoms with Crippen molar-refractivity contribution in [2.75, 3.05) is 0 Å². The van der Waals surface area contributed by atoms with Crippen LogP contribution in [-0.2, 0) is 6.42 Å². The van der Waals surface area contributed by atoms with Crippen molar-refractivity contribution in [3.05, 3.63) is 54.4 Å². The molecule has 0 atom stereocenters. The van der Waals surface area contributed by atoms with Crippen LogP contribution in [0.5, 0.6) is 0 Å². The standard InChI is InChI=1S/C17H18N2/c1-2-3-9-17-18-15-11-10-14(12-16(15)19-17)13-7-5-4-6-8-13/h4-8,10-12H,2-3,9H2,1H3,(H,18,19). The van der Waals surface area contributed by atoms with Gasteiger partial charge in [-0.2, -0.15) is 0 Å². The summed E-state index contributed by atoms with van der Waals surface area (Å²) in [6.07, 6.45) is 3.42. The Labute approximate surface area is 113 Å². The van der Waals surface area contributed by atoms with Gasteiger partial charge in [0, 0.05) is 6.42 Å². The zero-order chi connectivity index (χ0) is 13.1. The summed E-state index contributed by atoms with van der Waals surface area (Å²) in [5, 5.41) is 0. The summed E-state index contributed by atoms with van der Waals surface area (Å²) in [4.78, 5) is 8.06. The Balaban J connectivity index is 1.97. The number of aromatic nitrogens is 2. The second-order valence-electron chi connectivity index (χ2n) is 4.89. The Morgan fingerprint density at radius 1 is 1.00 bits per heavy atom. The maximum absolute atomic E-state index is 4.63. The topological polar surface area (TPSA) is 28.7 Å². The molecule has 3 aromatic rings. The van der Waals surface area contributed by atoms with Crippen LogP contribution in [-0.4, -0.2) is 9.97 Å². The van der Waals surface area contributed by atoms with E-state index >= 15 is 0 Å². The molecule has 0 radical (unpaired) electrons. The van der Waals surface area contributed by atoms with Gasteiger partial charge in [0.15, 0.2) is 0 Å². The third kappa shape index (κ3) is 2.53.